The SMILES string of the molecule is N=C(N)c1ccc(N2CCC(CN3CCC(CC(=O)O)CC3)CC2)cc1. The minimum Gasteiger partial charge on any atom is -0.481 e. The van der Waals surface area contributed by atoms with Gasteiger partial charge in [-0.05, 0) is 74.9 Å². The number of nitrogens with zero attached hydrogens (tertiary/aromatic N) is 2. The Bertz CT molecular complexity index is 615. The number of nitrogens with one attached hydrogen (secondary N) is 1. The highest BCUT2D eigenvalue weighted by Crippen LogP contribution is 2.26. The van der Waals surface area contributed by atoms with Gasteiger partial charge in [0, 0.05) is 37.3 Å². The topological polar surface area (TPSA) is 93.7 Å². The lowest BCUT2D eigenvalue weighted by molar-refractivity contribution is -0.138. The molecule has 0 spiro atoms. The second-order valence-corrected chi connectivity index (χ2v) is 7.73. The van der Waals surface area contributed by atoms with Gasteiger partial charge in [-0.3, -0.25) is 10.2 Å². The molecule has 0 radical (unpaired) electrons. The van der Waals surface area contributed by atoms with Crippen molar-refractivity contribution in [1.29, 1.82) is 5.41 Å². The van der Waals surface area contributed by atoms with Gasteiger partial charge in [0.1, 0.15) is 5.84 Å². The van der Waals surface area contributed by atoms with Gasteiger partial charge in [0.2, 0.25) is 0 Å². The average Bonchev–Trinajstić information content (AvgIpc) is 2.64. The van der Waals surface area contributed by atoms with Crippen LogP contribution in [-0.2, 0) is 4.79 Å². The fraction of sp³-hybridized carbons (Fsp3) is 0.600. The number of hydrogen-bond acceptors (Lipinski definition) is 4. The third-order valence-electron chi connectivity index (χ3n) is 5.84. The normalized spacial score (nSPS) is 20.2. The van der Waals surface area contributed by atoms with Crippen molar-refractivity contribution in [3.05, 3.63) is 29.8 Å². The molecule has 142 valence electrons. The Hall–Kier alpha value is -2.08. The molecule has 0 saturated carbocycles. The van der Waals surface area contributed by atoms with Gasteiger partial charge >= 0.3 is 5.97 Å². The van der Waals surface area contributed by atoms with Crippen LogP contribution in [0.2, 0.25) is 0 Å². The maximum absolute atomic E-state index is 10.8. The Morgan fingerprint density at radius 1 is 1.04 bits per heavy atom. The van der Waals surface area contributed by atoms with E-state index in [0.717, 1.165) is 57.0 Å². The van der Waals surface area contributed by atoms with E-state index < -0.39 is 5.97 Å². The molecule has 0 unspecified atom stereocenters. The summed E-state index contributed by atoms with van der Waals surface area (Å²) in [5.74, 6) is 0.553. The molecule has 4 N–H and O–H groups in total. The molecule has 1 aromatic rings. The first-order valence-corrected chi connectivity index (χ1v) is 9.65. The molecule has 6 heteroatoms. The number of rotatable bonds is 6. The monoisotopic (exact) mass is 358 g/mol. The van der Waals surface area contributed by atoms with E-state index in [4.69, 9.17) is 16.2 Å². The quantitative estimate of drug-likeness (QED) is 0.536. The molecule has 26 heavy (non-hydrogen) atoms. The lowest BCUT2D eigenvalue weighted by Crippen LogP contribution is -2.41. The molecule has 2 heterocycles. The van der Waals surface area contributed by atoms with Crippen LogP contribution in [-0.4, -0.2) is 54.5 Å². The van der Waals surface area contributed by atoms with Gasteiger partial charge in [-0.2, -0.15) is 0 Å². The number of hydrogen-bond donors (Lipinski definition) is 3. The van der Waals surface area contributed by atoms with Crippen LogP contribution in [0.25, 0.3) is 0 Å². The predicted molar refractivity (Wildman–Crippen MR) is 104 cm³/mol. The van der Waals surface area contributed by atoms with Crippen molar-refractivity contribution < 1.29 is 9.90 Å². The van der Waals surface area contributed by atoms with Crippen molar-refractivity contribution in [2.24, 2.45) is 17.6 Å². The van der Waals surface area contributed by atoms with Gasteiger partial charge in [-0.15, -0.1) is 0 Å². The molecule has 0 bridgehead atoms. The first-order chi connectivity index (χ1) is 12.5. The van der Waals surface area contributed by atoms with E-state index in [-0.39, 0.29) is 5.84 Å². The maximum Gasteiger partial charge on any atom is 0.303 e. The van der Waals surface area contributed by atoms with Crippen LogP contribution in [0.1, 0.15) is 37.7 Å². The van der Waals surface area contributed by atoms with Crippen molar-refractivity contribution in [2.75, 3.05) is 37.6 Å². The summed E-state index contributed by atoms with van der Waals surface area (Å²) < 4.78 is 0. The fourth-order valence-corrected chi connectivity index (χ4v) is 4.21. The lowest BCUT2D eigenvalue weighted by atomic mass is 9.91. The van der Waals surface area contributed by atoms with Gasteiger partial charge in [-0.1, -0.05) is 0 Å². The van der Waals surface area contributed by atoms with E-state index in [0.29, 0.717) is 12.3 Å². The van der Waals surface area contributed by atoms with E-state index in [9.17, 15) is 4.79 Å². The minimum absolute atomic E-state index is 0.113. The Kier molecular flexibility index (Phi) is 6.14. The molecule has 0 atom stereocenters. The van der Waals surface area contributed by atoms with Gasteiger partial charge in [0.05, 0.1) is 0 Å². The van der Waals surface area contributed by atoms with Gasteiger partial charge in [0.25, 0.3) is 0 Å². The van der Waals surface area contributed by atoms with Crippen LogP contribution in [0.15, 0.2) is 24.3 Å². The highest BCUT2D eigenvalue weighted by molar-refractivity contribution is 5.95. The summed E-state index contributed by atoms with van der Waals surface area (Å²) in [6, 6.07) is 7.96. The summed E-state index contributed by atoms with van der Waals surface area (Å²) in [6.45, 7) is 5.38. The number of nitrogens with two attached hydrogens (primary N) is 1. The molecule has 2 aliphatic rings. The molecule has 2 saturated heterocycles. The summed E-state index contributed by atoms with van der Waals surface area (Å²) in [5.41, 5.74) is 7.50. The number of likely N-dealkylation sites (tertiary alicyclic amines) is 1. The summed E-state index contributed by atoms with van der Waals surface area (Å²) >= 11 is 0. The Labute approximate surface area is 155 Å². The fourth-order valence-electron chi connectivity index (χ4n) is 4.21. The third kappa shape index (κ3) is 4.97. The number of carboxylic acids is 1. The van der Waals surface area contributed by atoms with E-state index in [1.54, 1.807) is 0 Å². The smallest absolute Gasteiger partial charge is 0.303 e. The summed E-state index contributed by atoms with van der Waals surface area (Å²) in [5, 5.41) is 16.4. The number of aliphatic carboxylic acids is 1. The minimum atomic E-state index is -0.660. The number of carboxylic acid groups (broad SMARTS) is 1. The van der Waals surface area contributed by atoms with Crippen molar-refractivity contribution in [2.45, 2.75) is 32.1 Å². The van der Waals surface area contributed by atoms with E-state index in [1.807, 2.05) is 12.1 Å². The second-order valence-electron chi connectivity index (χ2n) is 7.73. The Morgan fingerprint density at radius 2 is 1.62 bits per heavy atom. The zero-order valence-electron chi connectivity index (χ0n) is 15.4. The van der Waals surface area contributed by atoms with Gasteiger partial charge in [0.15, 0.2) is 0 Å². The van der Waals surface area contributed by atoms with Crippen LogP contribution in [0, 0.1) is 17.2 Å². The summed E-state index contributed by atoms with van der Waals surface area (Å²) in [4.78, 5) is 15.8. The zero-order valence-corrected chi connectivity index (χ0v) is 15.4. The van der Waals surface area contributed by atoms with Crippen molar-refractivity contribution >= 4 is 17.5 Å². The molecule has 2 aliphatic heterocycles. The Morgan fingerprint density at radius 3 is 2.15 bits per heavy atom. The second kappa shape index (κ2) is 8.54. The number of amidine groups is 1. The first kappa shape index (κ1) is 18.7. The van der Waals surface area contributed by atoms with Crippen LogP contribution in [0.5, 0.6) is 0 Å². The highest BCUT2D eigenvalue weighted by Gasteiger charge is 2.25. The van der Waals surface area contributed by atoms with E-state index in [2.05, 4.69) is 21.9 Å². The number of carbonyl (C=O) groups is 1. The van der Waals surface area contributed by atoms with Crippen LogP contribution in [0.3, 0.4) is 0 Å². The molecule has 3 rings (SSSR count). The number of anilines is 1. The Balaban J connectivity index is 1.41. The summed E-state index contributed by atoms with van der Waals surface area (Å²) in [7, 11) is 0. The number of nitrogen functional groups attached to an aromatic ring is 1. The van der Waals surface area contributed by atoms with Crippen LogP contribution < -0.4 is 10.6 Å². The zero-order chi connectivity index (χ0) is 18.5. The van der Waals surface area contributed by atoms with Crippen molar-refractivity contribution in [3.63, 3.8) is 0 Å². The summed E-state index contributed by atoms with van der Waals surface area (Å²) in [6.07, 6.45) is 4.77. The predicted octanol–water partition coefficient (Wildman–Crippen LogP) is 2.37. The maximum atomic E-state index is 10.8. The average molecular weight is 358 g/mol. The van der Waals surface area contributed by atoms with Crippen LogP contribution >= 0.6 is 0 Å². The molecular weight excluding hydrogens is 328 g/mol. The van der Waals surface area contributed by atoms with Gasteiger partial charge < -0.3 is 20.6 Å². The van der Waals surface area contributed by atoms with Gasteiger partial charge in [-0.25, -0.2) is 0 Å². The molecule has 0 amide bonds. The molecular formula is C20H30N4O2. The van der Waals surface area contributed by atoms with E-state index in [1.165, 1.54) is 18.5 Å². The standard InChI is InChI=1S/C20H30N4O2/c21-20(22)17-1-3-18(4-2-17)24-11-7-16(8-12-24)14-23-9-5-15(6-10-23)13-19(25)26/h1-4,15-16H,5-14H2,(H3,21,22)(H,25,26). The molecule has 0 aliphatic carbocycles. The van der Waals surface area contributed by atoms with Crippen LogP contribution in [0.4, 0.5) is 5.69 Å². The number of benzene rings is 1. The molecule has 1 aromatic carbocycles. The first-order valence-electron chi connectivity index (χ1n) is 9.65. The largest absolute Gasteiger partial charge is 0.481 e. The molecule has 0 aromatic heterocycles. The molecule has 6 nitrogen and oxygen atoms in total. The highest BCUT2D eigenvalue weighted by atomic mass is 16.4. The molecule has 2 fully saturated rings. The number of piperidine rings is 2. The third-order valence-corrected chi connectivity index (χ3v) is 5.84. The van der Waals surface area contributed by atoms with E-state index >= 15 is 0 Å². The lowest BCUT2D eigenvalue weighted by Gasteiger charge is -2.38. The van der Waals surface area contributed by atoms with Crippen molar-refractivity contribution in [3.8, 4) is 0 Å². The van der Waals surface area contributed by atoms with Crippen molar-refractivity contribution in [1.82, 2.24) is 4.90 Å².